The Bertz CT molecular complexity index is 534. The lowest BCUT2D eigenvalue weighted by molar-refractivity contribution is -0.0600. The third-order valence-corrected chi connectivity index (χ3v) is 3.80. The molecule has 1 aliphatic rings. The number of amides is 2. The zero-order valence-electron chi connectivity index (χ0n) is 12.4. The summed E-state index contributed by atoms with van der Waals surface area (Å²) < 4.78 is 32.0. The Labute approximate surface area is 127 Å². The number of nitrogens with one attached hydrogen (secondary N) is 2. The third-order valence-electron chi connectivity index (χ3n) is 3.80. The average Bonchev–Trinajstić information content (AvgIpc) is 2.49. The van der Waals surface area contributed by atoms with Gasteiger partial charge in [0.15, 0.2) is 11.6 Å². The number of hydrogen-bond donors (Lipinski definition) is 3. The molecule has 22 heavy (non-hydrogen) atoms. The molecule has 1 unspecified atom stereocenters. The maximum absolute atomic E-state index is 13.6. The van der Waals surface area contributed by atoms with Gasteiger partial charge in [0, 0.05) is 38.2 Å². The molecule has 0 aliphatic carbocycles. The Morgan fingerprint density at radius 2 is 2.09 bits per heavy atom. The Morgan fingerprint density at radius 1 is 1.41 bits per heavy atom. The Kier molecular flexibility index (Phi) is 5.31. The summed E-state index contributed by atoms with van der Waals surface area (Å²) in [7, 11) is 0. The maximum Gasteiger partial charge on any atom is 0.315 e. The lowest BCUT2D eigenvalue weighted by Crippen LogP contribution is -2.49. The molecule has 1 aliphatic heterocycles. The van der Waals surface area contributed by atoms with Crippen molar-refractivity contribution in [1.29, 1.82) is 0 Å². The number of urea groups is 1. The molecule has 1 aromatic rings. The second-order valence-electron chi connectivity index (χ2n) is 5.53. The van der Waals surface area contributed by atoms with Gasteiger partial charge >= 0.3 is 6.03 Å². The van der Waals surface area contributed by atoms with Gasteiger partial charge in [0.1, 0.15) is 0 Å². The highest BCUT2D eigenvalue weighted by molar-refractivity contribution is 5.74. The fraction of sp³-hybridized carbons (Fsp3) is 0.533. The van der Waals surface area contributed by atoms with Gasteiger partial charge in [-0.2, -0.15) is 0 Å². The highest BCUT2D eigenvalue weighted by Gasteiger charge is 2.30. The number of carbonyl (C=O) groups excluding carboxylic acids is 1. The van der Waals surface area contributed by atoms with Crippen LogP contribution in [0.3, 0.4) is 0 Å². The zero-order chi connectivity index (χ0) is 16.2. The molecule has 2 rings (SSSR count). The first kappa shape index (κ1) is 16.6. The van der Waals surface area contributed by atoms with Crippen LogP contribution >= 0.6 is 0 Å². The molecule has 7 heteroatoms. The predicted molar refractivity (Wildman–Crippen MR) is 76.3 cm³/mol. The minimum atomic E-state index is -0.983. The van der Waals surface area contributed by atoms with E-state index in [0.29, 0.717) is 26.1 Å². The molecule has 0 spiro atoms. The van der Waals surface area contributed by atoms with Crippen molar-refractivity contribution in [2.45, 2.75) is 31.4 Å². The summed E-state index contributed by atoms with van der Waals surface area (Å²) in [5.74, 6) is -1.93. The van der Waals surface area contributed by atoms with E-state index in [1.165, 1.54) is 12.1 Å². The number of carbonyl (C=O) groups is 1. The molecule has 1 aromatic carbocycles. The van der Waals surface area contributed by atoms with Crippen molar-refractivity contribution < 1.29 is 23.4 Å². The van der Waals surface area contributed by atoms with Crippen molar-refractivity contribution in [2.24, 2.45) is 0 Å². The van der Waals surface area contributed by atoms with Crippen LogP contribution in [-0.2, 0) is 4.74 Å². The van der Waals surface area contributed by atoms with Crippen LogP contribution in [0.1, 0.15) is 31.4 Å². The van der Waals surface area contributed by atoms with E-state index in [1.54, 1.807) is 6.92 Å². The van der Waals surface area contributed by atoms with Crippen molar-refractivity contribution in [3.8, 4) is 0 Å². The van der Waals surface area contributed by atoms with E-state index >= 15 is 0 Å². The van der Waals surface area contributed by atoms with Crippen LogP contribution in [0.5, 0.6) is 0 Å². The van der Waals surface area contributed by atoms with Gasteiger partial charge in [-0.3, -0.25) is 0 Å². The fourth-order valence-corrected chi connectivity index (χ4v) is 2.35. The van der Waals surface area contributed by atoms with E-state index in [1.807, 2.05) is 0 Å². The monoisotopic (exact) mass is 314 g/mol. The summed E-state index contributed by atoms with van der Waals surface area (Å²) in [6.45, 7) is 2.54. The van der Waals surface area contributed by atoms with Crippen LogP contribution in [0.2, 0.25) is 0 Å². The van der Waals surface area contributed by atoms with E-state index in [9.17, 15) is 18.7 Å². The van der Waals surface area contributed by atoms with Crippen LogP contribution in [0, 0.1) is 11.6 Å². The van der Waals surface area contributed by atoms with E-state index in [2.05, 4.69) is 10.6 Å². The predicted octanol–water partition coefficient (Wildman–Crippen LogP) is 1.87. The molecule has 1 atom stereocenters. The topological polar surface area (TPSA) is 70.6 Å². The molecule has 1 fully saturated rings. The largest absolute Gasteiger partial charge is 0.388 e. The standard InChI is InChI=1S/C15H20F2N2O3/c1-10(11-3-2-4-12(16)13(11)17)19-14(20)18-9-15(21)5-7-22-8-6-15/h2-4,10,21H,5-9H2,1H3,(H2,18,19,20). The van der Waals surface area contributed by atoms with Gasteiger partial charge in [-0.15, -0.1) is 0 Å². The molecule has 0 aromatic heterocycles. The molecule has 1 saturated heterocycles. The normalized spacial score (nSPS) is 18.5. The van der Waals surface area contributed by atoms with Crippen LogP contribution in [-0.4, -0.2) is 36.5 Å². The lowest BCUT2D eigenvalue weighted by Gasteiger charge is -2.32. The quantitative estimate of drug-likeness (QED) is 0.794. The summed E-state index contributed by atoms with van der Waals surface area (Å²) in [4.78, 5) is 11.8. The highest BCUT2D eigenvalue weighted by Crippen LogP contribution is 2.20. The zero-order valence-corrected chi connectivity index (χ0v) is 12.4. The van der Waals surface area contributed by atoms with Crippen molar-refractivity contribution in [3.63, 3.8) is 0 Å². The Morgan fingerprint density at radius 3 is 2.77 bits per heavy atom. The minimum absolute atomic E-state index is 0.0694. The van der Waals surface area contributed by atoms with Gasteiger partial charge in [-0.05, 0) is 13.0 Å². The van der Waals surface area contributed by atoms with Gasteiger partial charge in [-0.1, -0.05) is 12.1 Å². The third kappa shape index (κ3) is 4.14. The molecule has 1 heterocycles. The van der Waals surface area contributed by atoms with Gasteiger partial charge in [0.2, 0.25) is 0 Å². The summed E-state index contributed by atoms with van der Waals surface area (Å²) in [5.41, 5.74) is -0.914. The minimum Gasteiger partial charge on any atom is -0.388 e. The number of hydrogen-bond acceptors (Lipinski definition) is 3. The molecule has 122 valence electrons. The summed E-state index contributed by atoms with van der Waals surface area (Å²) in [5, 5.41) is 15.3. The van der Waals surface area contributed by atoms with Crippen molar-refractivity contribution in [1.82, 2.24) is 10.6 Å². The smallest absolute Gasteiger partial charge is 0.315 e. The first-order valence-corrected chi connectivity index (χ1v) is 7.20. The van der Waals surface area contributed by atoms with Gasteiger partial charge in [0.05, 0.1) is 11.6 Å². The molecular formula is C15H20F2N2O3. The van der Waals surface area contributed by atoms with Crippen LogP contribution in [0.4, 0.5) is 13.6 Å². The molecule has 0 saturated carbocycles. The van der Waals surface area contributed by atoms with Crippen LogP contribution in [0.15, 0.2) is 18.2 Å². The first-order chi connectivity index (χ1) is 10.4. The SMILES string of the molecule is CC(NC(=O)NCC1(O)CCOCC1)c1cccc(F)c1F. The molecule has 5 nitrogen and oxygen atoms in total. The van der Waals surface area contributed by atoms with Crippen molar-refractivity contribution in [3.05, 3.63) is 35.4 Å². The first-order valence-electron chi connectivity index (χ1n) is 7.20. The second kappa shape index (κ2) is 7.02. The fourth-order valence-electron chi connectivity index (χ4n) is 2.35. The van der Waals surface area contributed by atoms with E-state index in [-0.39, 0.29) is 12.1 Å². The van der Waals surface area contributed by atoms with Gasteiger partial charge < -0.3 is 20.5 Å². The number of ether oxygens (including phenoxy) is 1. The van der Waals surface area contributed by atoms with Gasteiger partial charge in [-0.25, -0.2) is 13.6 Å². The number of aliphatic hydroxyl groups is 1. The molecule has 0 radical (unpaired) electrons. The summed E-state index contributed by atoms with van der Waals surface area (Å²) in [6, 6.07) is 2.58. The Hall–Kier alpha value is -1.73. The van der Waals surface area contributed by atoms with E-state index in [4.69, 9.17) is 4.74 Å². The van der Waals surface area contributed by atoms with Crippen LogP contribution < -0.4 is 10.6 Å². The summed E-state index contributed by atoms with van der Waals surface area (Å²) in [6.07, 6.45) is 0.892. The average molecular weight is 314 g/mol. The number of rotatable bonds is 4. The highest BCUT2D eigenvalue weighted by atomic mass is 19.2. The molecule has 2 amide bonds. The van der Waals surface area contributed by atoms with Crippen molar-refractivity contribution >= 4 is 6.03 Å². The molecule has 0 bridgehead atoms. The molecular weight excluding hydrogens is 294 g/mol. The lowest BCUT2D eigenvalue weighted by atomic mass is 9.94. The number of benzene rings is 1. The second-order valence-corrected chi connectivity index (χ2v) is 5.53. The number of halogens is 2. The van der Waals surface area contributed by atoms with Crippen LogP contribution in [0.25, 0.3) is 0 Å². The molecule has 3 N–H and O–H groups in total. The van der Waals surface area contributed by atoms with E-state index in [0.717, 1.165) is 6.07 Å². The Balaban J connectivity index is 1.87. The summed E-state index contributed by atoms with van der Waals surface area (Å²) >= 11 is 0. The maximum atomic E-state index is 13.6. The van der Waals surface area contributed by atoms with E-state index < -0.39 is 29.3 Å². The van der Waals surface area contributed by atoms with Crippen molar-refractivity contribution in [2.75, 3.05) is 19.8 Å². The van der Waals surface area contributed by atoms with Gasteiger partial charge in [0.25, 0.3) is 0 Å².